The van der Waals surface area contributed by atoms with Crippen LogP contribution >= 0.6 is 0 Å². The lowest BCUT2D eigenvalue weighted by atomic mass is 10.2. The number of hydrogen-bond acceptors (Lipinski definition) is 7. The summed E-state index contributed by atoms with van der Waals surface area (Å²) in [6.07, 6.45) is 6.24. The number of pyridine rings is 1. The van der Waals surface area contributed by atoms with E-state index < -0.39 is 0 Å². The summed E-state index contributed by atoms with van der Waals surface area (Å²) in [5.41, 5.74) is 2.64. The highest BCUT2D eigenvalue weighted by Crippen LogP contribution is 2.29. The van der Waals surface area contributed by atoms with Crippen LogP contribution in [0.4, 0.5) is 5.82 Å². The van der Waals surface area contributed by atoms with Gasteiger partial charge in [-0.25, -0.2) is 9.67 Å². The maximum atomic E-state index is 4.73. The van der Waals surface area contributed by atoms with Crippen LogP contribution < -0.4 is 5.32 Å². The van der Waals surface area contributed by atoms with E-state index in [0.29, 0.717) is 5.78 Å². The molecule has 0 saturated heterocycles. The van der Waals surface area contributed by atoms with Crippen LogP contribution in [0.5, 0.6) is 0 Å². The van der Waals surface area contributed by atoms with E-state index >= 15 is 0 Å². The van der Waals surface area contributed by atoms with E-state index in [1.807, 2.05) is 47.4 Å². The molecule has 0 radical (unpaired) electrons. The first-order chi connectivity index (χ1) is 15.3. The topological polar surface area (TPSA) is 89.1 Å². The first-order valence-corrected chi connectivity index (χ1v) is 10.7. The van der Waals surface area contributed by atoms with Crippen LogP contribution in [0, 0.1) is 0 Å². The Labute approximate surface area is 179 Å². The SMILES string of the molecule is CCN(CC)CCCNc1nc2ncnn2c2c1cnc1c2cnn1-c1ccccc1. The lowest BCUT2D eigenvalue weighted by molar-refractivity contribution is 0.303. The summed E-state index contributed by atoms with van der Waals surface area (Å²) >= 11 is 0. The number of para-hydroxylation sites is 1. The Morgan fingerprint density at radius 3 is 2.61 bits per heavy atom. The molecule has 31 heavy (non-hydrogen) atoms. The Balaban J connectivity index is 1.56. The molecule has 0 bridgehead atoms. The Bertz CT molecular complexity index is 1320. The second-order valence-corrected chi connectivity index (χ2v) is 7.39. The van der Waals surface area contributed by atoms with Gasteiger partial charge in [-0.3, -0.25) is 0 Å². The molecular weight excluding hydrogens is 390 g/mol. The summed E-state index contributed by atoms with van der Waals surface area (Å²) in [4.78, 5) is 16.2. The van der Waals surface area contributed by atoms with E-state index in [2.05, 4.69) is 44.2 Å². The van der Waals surface area contributed by atoms with E-state index in [9.17, 15) is 0 Å². The molecule has 0 aliphatic carbocycles. The number of nitrogens with one attached hydrogen (secondary N) is 1. The average Bonchev–Trinajstić information content (AvgIpc) is 3.46. The maximum Gasteiger partial charge on any atom is 0.254 e. The fourth-order valence-corrected chi connectivity index (χ4v) is 3.94. The van der Waals surface area contributed by atoms with Gasteiger partial charge >= 0.3 is 0 Å². The fraction of sp³-hybridized carbons (Fsp3) is 0.318. The molecule has 158 valence electrons. The molecule has 5 rings (SSSR count). The maximum absolute atomic E-state index is 4.73. The van der Waals surface area contributed by atoms with Crippen molar-refractivity contribution in [3.05, 3.63) is 49.1 Å². The zero-order valence-electron chi connectivity index (χ0n) is 17.7. The van der Waals surface area contributed by atoms with E-state index in [-0.39, 0.29) is 0 Å². The largest absolute Gasteiger partial charge is 0.369 e. The van der Waals surface area contributed by atoms with E-state index in [0.717, 1.165) is 66.0 Å². The molecule has 1 aromatic carbocycles. The van der Waals surface area contributed by atoms with E-state index in [4.69, 9.17) is 4.98 Å². The number of anilines is 1. The molecule has 4 heterocycles. The van der Waals surface area contributed by atoms with Gasteiger partial charge in [0.2, 0.25) is 0 Å². The lowest BCUT2D eigenvalue weighted by Crippen LogP contribution is -2.25. The molecule has 0 aliphatic rings. The molecule has 4 aromatic heterocycles. The highest BCUT2D eigenvalue weighted by molar-refractivity contribution is 6.06. The Kier molecular flexibility index (Phi) is 5.17. The summed E-state index contributed by atoms with van der Waals surface area (Å²) < 4.78 is 3.60. The minimum absolute atomic E-state index is 0.554. The zero-order chi connectivity index (χ0) is 21.2. The van der Waals surface area contributed by atoms with Gasteiger partial charge in [-0.1, -0.05) is 32.0 Å². The van der Waals surface area contributed by atoms with E-state index in [1.165, 1.54) is 6.33 Å². The van der Waals surface area contributed by atoms with Crippen LogP contribution in [0.2, 0.25) is 0 Å². The third-order valence-corrected chi connectivity index (χ3v) is 5.62. The van der Waals surface area contributed by atoms with Crippen LogP contribution in [-0.4, -0.2) is 65.4 Å². The minimum Gasteiger partial charge on any atom is -0.369 e. The molecule has 0 fully saturated rings. The summed E-state index contributed by atoms with van der Waals surface area (Å²) in [5.74, 6) is 1.33. The molecule has 5 aromatic rings. The van der Waals surface area contributed by atoms with Crippen molar-refractivity contribution in [3.63, 3.8) is 0 Å². The number of fused-ring (bicyclic) bond motifs is 5. The zero-order valence-corrected chi connectivity index (χ0v) is 17.7. The summed E-state index contributed by atoms with van der Waals surface area (Å²) in [7, 11) is 0. The first-order valence-electron chi connectivity index (χ1n) is 10.7. The summed E-state index contributed by atoms with van der Waals surface area (Å²) in [5, 5.41) is 14.3. The number of hydrogen-bond donors (Lipinski definition) is 1. The van der Waals surface area contributed by atoms with Gasteiger partial charge in [0.15, 0.2) is 5.65 Å². The number of rotatable bonds is 8. The molecule has 0 unspecified atom stereocenters. The number of nitrogens with zero attached hydrogens (tertiary/aromatic N) is 8. The lowest BCUT2D eigenvalue weighted by Gasteiger charge is -2.18. The van der Waals surface area contributed by atoms with Crippen LogP contribution in [0.25, 0.3) is 33.4 Å². The molecule has 0 atom stereocenters. The average molecular weight is 416 g/mol. The van der Waals surface area contributed by atoms with Crippen molar-refractivity contribution < 1.29 is 0 Å². The first kappa shape index (κ1) is 19.4. The molecule has 9 nitrogen and oxygen atoms in total. The summed E-state index contributed by atoms with van der Waals surface area (Å²) in [6.45, 7) is 8.39. The standard InChI is InChI=1S/C22H25N9/c1-3-29(4-2)12-8-11-23-20-17-13-24-21-18(19(17)31-22(28-20)25-15-27-31)14-26-30(21)16-9-6-5-7-10-16/h5-7,9-10,13-15H,3-4,8,11-12H2,1-2H3,(H,23,25,27,28). The molecule has 1 N–H and O–H groups in total. The van der Waals surface area contributed by atoms with Crippen molar-refractivity contribution in [3.8, 4) is 5.69 Å². The fourth-order valence-electron chi connectivity index (χ4n) is 3.94. The second kappa shape index (κ2) is 8.27. The van der Waals surface area contributed by atoms with Gasteiger partial charge in [-0.2, -0.15) is 24.7 Å². The number of benzene rings is 1. The van der Waals surface area contributed by atoms with Gasteiger partial charge in [-0.05, 0) is 38.2 Å². The van der Waals surface area contributed by atoms with Crippen LogP contribution in [0.1, 0.15) is 20.3 Å². The van der Waals surface area contributed by atoms with Gasteiger partial charge < -0.3 is 10.2 Å². The van der Waals surface area contributed by atoms with E-state index in [1.54, 1.807) is 4.52 Å². The van der Waals surface area contributed by atoms with Gasteiger partial charge in [-0.15, -0.1) is 0 Å². The van der Waals surface area contributed by atoms with Crippen molar-refractivity contribution in [1.82, 2.24) is 39.2 Å². The van der Waals surface area contributed by atoms with Crippen molar-refractivity contribution in [1.29, 1.82) is 0 Å². The Morgan fingerprint density at radius 1 is 0.968 bits per heavy atom. The van der Waals surface area contributed by atoms with Crippen LogP contribution in [0.3, 0.4) is 0 Å². The smallest absolute Gasteiger partial charge is 0.254 e. The van der Waals surface area contributed by atoms with Crippen molar-refractivity contribution in [2.75, 3.05) is 31.5 Å². The third kappa shape index (κ3) is 3.46. The highest BCUT2D eigenvalue weighted by atomic mass is 15.3. The molecular formula is C22H25N9. The van der Waals surface area contributed by atoms with Gasteiger partial charge in [0.05, 0.1) is 28.2 Å². The molecule has 0 aliphatic heterocycles. The quantitative estimate of drug-likeness (QED) is 0.389. The van der Waals surface area contributed by atoms with Crippen molar-refractivity contribution >= 4 is 33.5 Å². The highest BCUT2D eigenvalue weighted by Gasteiger charge is 2.17. The second-order valence-electron chi connectivity index (χ2n) is 7.39. The predicted octanol–water partition coefficient (Wildman–Crippen LogP) is 3.16. The monoisotopic (exact) mass is 415 g/mol. The minimum atomic E-state index is 0.554. The molecule has 0 saturated carbocycles. The predicted molar refractivity (Wildman–Crippen MR) is 122 cm³/mol. The Morgan fingerprint density at radius 2 is 1.81 bits per heavy atom. The molecule has 0 spiro atoms. The molecule has 0 amide bonds. The molecule has 9 heteroatoms. The van der Waals surface area contributed by atoms with Crippen LogP contribution in [0.15, 0.2) is 49.1 Å². The summed E-state index contributed by atoms with van der Waals surface area (Å²) in [6, 6.07) is 9.99. The normalized spacial score (nSPS) is 11.8. The van der Waals surface area contributed by atoms with Gasteiger partial charge in [0.25, 0.3) is 5.78 Å². The Hall–Kier alpha value is -3.59. The number of aromatic nitrogens is 7. The van der Waals surface area contributed by atoms with Gasteiger partial charge in [0.1, 0.15) is 12.1 Å². The third-order valence-electron chi connectivity index (χ3n) is 5.62. The van der Waals surface area contributed by atoms with Crippen molar-refractivity contribution in [2.24, 2.45) is 0 Å². The van der Waals surface area contributed by atoms with Gasteiger partial charge in [0, 0.05) is 12.7 Å². The van der Waals surface area contributed by atoms with Crippen LogP contribution in [-0.2, 0) is 0 Å². The van der Waals surface area contributed by atoms with Crippen molar-refractivity contribution in [2.45, 2.75) is 20.3 Å².